The molecule has 0 bridgehead atoms. The van der Waals surface area contributed by atoms with E-state index in [1.54, 1.807) is 29.4 Å². The van der Waals surface area contributed by atoms with E-state index in [9.17, 15) is 4.79 Å². The van der Waals surface area contributed by atoms with Crippen molar-refractivity contribution in [2.75, 3.05) is 13.1 Å². The van der Waals surface area contributed by atoms with Crippen molar-refractivity contribution in [1.29, 1.82) is 0 Å². The van der Waals surface area contributed by atoms with Crippen LogP contribution in [-0.4, -0.2) is 35.0 Å². The molecule has 6 heteroatoms. The van der Waals surface area contributed by atoms with Gasteiger partial charge in [-0.15, -0.1) is 0 Å². The zero-order chi connectivity index (χ0) is 14.8. The Kier molecular flexibility index (Phi) is 4.12. The molecule has 0 unspecified atom stereocenters. The quantitative estimate of drug-likeness (QED) is 0.835. The number of pyridine rings is 1. The Hall–Kier alpha value is -1.59. The Balaban J connectivity index is 1.61. The third-order valence-corrected chi connectivity index (χ3v) is 4.05. The summed E-state index contributed by atoms with van der Waals surface area (Å²) in [5.41, 5.74) is 0.505. The first-order valence-corrected chi connectivity index (χ1v) is 7.61. The zero-order valence-electron chi connectivity index (χ0n) is 11.0. The normalized spacial score (nSPS) is 14.7. The van der Waals surface area contributed by atoms with Crippen molar-refractivity contribution in [2.24, 2.45) is 0 Å². The van der Waals surface area contributed by atoms with Gasteiger partial charge in [0, 0.05) is 10.7 Å². The van der Waals surface area contributed by atoms with E-state index in [0.717, 1.165) is 10.2 Å². The van der Waals surface area contributed by atoms with Crippen LogP contribution in [0.2, 0.25) is 5.02 Å². The molecule has 1 amide bonds. The summed E-state index contributed by atoms with van der Waals surface area (Å²) < 4.78 is 6.55. The van der Waals surface area contributed by atoms with Crippen LogP contribution >= 0.6 is 27.5 Å². The Morgan fingerprint density at radius 3 is 2.90 bits per heavy atom. The number of nitrogens with zero attached hydrogens (tertiary/aromatic N) is 2. The predicted octanol–water partition coefficient (Wildman–Crippen LogP) is 3.40. The first kappa shape index (κ1) is 14.4. The van der Waals surface area contributed by atoms with Gasteiger partial charge in [0.2, 0.25) is 0 Å². The van der Waals surface area contributed by atoms with Crippen molar-refractivity contribution in [1.82, 2.24) is 9.88 Å². The largest absolute Gasteiger partial charge is 0.485 e. The molecule has 0 atom stereocenters. The number of hydrogen-bond acceptors (Lipinski definition) is 3. The number of aromatic nitrogens is 1. The molecule has 3 rings (SSSR count). The van der Waals surface area contributed by atoms with Crippen LogP contribution in [0.25, 0.3) is 0 Å². The van der Waals surface area contributed by atoms with Crippen molar-refractivity contribution in [3.63, 3.8) is 0 Å². The monoisotopic (exact) mass is 366 g/mol. The molecule has 2 aromatic rings. The fraction of sp³-hybridized carbons (Fsp3) is 0.200. The van der Waals surface area contributed by atoms with Gasteiger partial charge in [-0.3, -0.25) is 9.78 Å². The van der Waals surface area contributed by atoms with Gasteiger partial charge in [0.25, 0.3) is 5.91 Å². The van der Waals surface area contributed by atoms with Crippen molar-refractivity contribution in [3.8, 4) is 5.75 Å². The van der Waals surface area contributed by atoms with Gasteiger partial charge in [-0.25, -0.2) is 0 Å². The number of hydrogen-bond donors (Lipinski definition) is 0. The van der Waals surface area contributed by atoms with Crippen LogP contribution in [0, 0.1) is 0 Å². The standard InChI is InChI=1S/C15H12BrClN2O2/c16-10-3-4-14(17)13(6-10)15(20)19-8-12(9-19)21-11-2-1-5-18-7-11/h1-7,12H,8-9H2. The van der Waals surface area contributed by atoms with Crippen molar-refractivity contribution < 1.29 is 9.53 Å². The summed E-state index contributed by atoms with van der Waals surface area (Å²) in [4.78, 5) is 18.1. The minimum absolute atomic E-state index is 0.00378. The molecule has 0 aliphatic carbocycles. The third kappa shape index (κ3) is 3.19. The van der Waals surface area contributed by atoms with Gasteiger partial charge < -0.3 is 9.64 Å². The molecule has 1 aromatic heterocycles. The second-order valence-corrected chi connectivity index (χ2v) is 6.09. The number of rotatable bonds is 3. The molecule has 1 aliphatic rings. The highest BCUT2D eigenvalue weighted by Gasteiger charge is 2.33. The summed E-state index contributed by atoms with van der Waals surface area (Å²) in [6.07, 6.45) is 3.36. The van der Waals surface area contributed by atoms with Crippen molar-refractivity contribution >= 4 is 33.4 Å². The van der Waals surface area contributed by atoms with Gasteiger partial charge >= 0.3 is 0 Å². The van der Waals surface area contributed by atoms with Crippen LogP contribution in [0.5, 0.6) is 5.75 Å². The molecule has 4 nitrogen and oxygen atoms in total. The predicted molar refractivity (Wildman–Crippen MR) is 83.7 cm³/mol. The molecule has 2 heterocycles. The number of amides is 1. The van der Waals surface area contributed by atoms with Gasteiger partial charge in [0.05, 0.1) is 29.9 Å². The van der Waals surface area contributed by atoms with Crippen molar-refractivity contribution in [2.45, 2.75) is 6.10 Å². The number of benzene rings is 1. The molecular formula is C15H12BrClN2O2. The molecule has 0 N–H and O–H groups in total. The van der Waals surface area contributed by atoms with Crippen LogP contribution in [0.4, 0.5) is 0 Å². The summed E-state index contributed by atoms with van der Waals surface area (Å²) in [5, 5.41) is 0.458. The van der Waals surface area contributed by atoms with Gasteiger partial charge in [0.1, 0.15) is 11.9 Å². The Morgan fingerprint density at radius 2 is 2.19 bits per heavy atom. The summed E-state index contributed by atoms with van der Waals surface area (Å²) >= 11 is 9.42. The number of likely N-dealkylation sites (tertiary alicyclic amines) is 1. The Morgan fingerprint density at radius 1 is 1.38 bits per heavy atom. The second-order valence-electron chi connectivity index (χ2n) is 4.76. The van der Waals surface area contributed by atoms with E-state index in [1.807, 2.05) is 18.2 Å². The number of carbonyl (C=O) groups is 1. The van der Waals surface area contributed by atoms with Crippen LogP contribution < -0.4 is 4.74 Å². The van der Waals surface area contributed by atoms with Crippen molar-refractivity contribution in [3.05, 3.63) is 57.8 Å². The minimum Gasteiger partial charge on any atom is -0.485 e. The summed E-state index contributed by atoms with van der Waals surface area (Å²) in [6.45, 7) is 1.10. The maximum Gasteiger partial charge on any atom is 0.255 e. The van der Waals surface area contributed by atoms with Crippen LogP contribution in [0.15, 0.2) is 47.2 Å². The highest BCUT2D eigenvalue weighted by Crippen LogP contribution is 2.25. The van der Waals surface area contributed by atoms with E-state index < -0.39 is 0 Å². The highest BCUT2D eigenvalue weighted by atomic mass is 79.9. The minimum atomic E-state index is -0.0765. The zero-order valence-corrected chi connectivity index (χ0v) is 13.3. The lowest BCUT2D eigenvalue weighted by atomic mass is 10.1. The summed E-state index contributed by atoms with van der Waals surface area (Å²) in [7, 11) is 0. The molecule has 1 fully saturated rings. The van der Waals surface area contributed by atoms with Crippen LogP contribution in [0.1, 0.15) is 10.4 Å². The highest BCUT2D eigenvalue weighted by molar-refractivity contribution is 9.10. The molecule has 0 saturated carbocycles. The Bertz CT molecular complexity index is 660. The average Bonchev–Trinajstić information content (AvgIpc) is 2.45. The van der Waals surface area contributed by atoms with Gasteiger partial charge in [0.15, 0.2) is 0 Å². The summed E-state index contributed by atoms with van der Waals surface area (Å²) in [6, 6.07) is 8.92. The number of carbonyl (C=O) groups excluding carboxylic acids is 1. The lowest BCUT2D eigenvalue weighted by molar-refractivity contribution is 0.0176. The molecule has 0 spiro atoms. The Labute approximate surface area is 135 Å². The van der Waals surface area contributed by atoms with E-state index in [4.69, 9.17) is 16.3 Å². The first-order chi connectivity index (χ1) is 10.1. The molecule has 0 radical (unpaired) electrons. The molecular weight excluding hydrogens is 356 g/mol. The maximum absolute atomic E-state index is 12.4. The van der Waals surface area contributed by atoms with Crippen LogP contribution in [-0.2, 0) is 0 Å². The van der Waals surface area contributed by atoms with Crippen LogP contribution in [0.3, 0.4) is 0 Å². The second kappa shape index (κ2) is 6.03. The fourth-order valence-electron chi connectivity index (χ4n) is 2.12. The smallest absolute Gasteiger partial charge is 0.255 e. The number of ether oxygens (including phenoxy) is 1. The first-order valence-electron chi connectivity index (χ1n) is 6.44. The maximum atomic E-state index is 12.4. The lowest BCUT2D eigenvalue weighted by Gasteiger charge is -2.39. The van der Waals surface area contributed by atoms with E-state index in [2.05, 4.69) is 20.9 Å². The van der Waals surface area contributed by atoms with E-state index in [-0.39, 0.29) is 12.0 Å². The topological polar surface area (TPSA) is 42.4 Å². The molecule has 1 saturated heterocycles. The molecule has 21 heavy (non-hydrogen) atoms. The summed E-state index contributed by atoms with van der Waals surface area (Å²) in [5.74, 6) is 0.641. The third-order valence-electron chi connectivity index (χ3n) is 3.23. The average molecular weight is 368 g/mol. The fourth-order valence-corrected chi connectivity index (χ4v) is 2.68. The van der Waals surface area contributed by atoms with E-state index >= 15 is 0 Å². The van der Waals surface area contributed by atoms with Gasteiger partial charge in [-0.2, -0.15) is 0 Å². The number of halogens is 2. The molecule has 1 aromatic carbocycles. The molecule has 108 valence electrons. The SMILES string of the molecule is O=C(c1cc(Br)ccc1Cl)N1CC(Oc2cccnc2)C1. The van der Waals surface area contributed by atoms with Gasteiger partial charge in [-0.05, 0) is 30.3 Å². The van der Waals surface area contributed by atoms with Gasteiger partial charge in [-0.1, -0.05) is 27.5 Å². The molecule has 1 aliphatic heterocycles. The van der Waals surface area contributed by atoms with E-state index in [1.165, 1.54) is 0 Å². The lowest BCUT2D eigenvalue weighted by Crippen LogP contribution is -2.56. The van der Waals surface area contributed by atoms with E-state index in [0.29, 0.717) is 23.7 Å².